The molecule has 16 nitrogen and oxygen atoms in total. The number of para-hydroxylation sites is 1. The number of nitrogens with one attached hydrogen (secondary N) is 1. The molecule has 0 radical (unpaired) electrons. The molecule has 4 aromatic rings. The molecule has 254 valence electrons. The lowest BCUT2D eigenvalue weighted by atomic mass is 9.84. The molecule has 2 fully saturated rings. The fourth-order valence-electron chi connectivity index (χ4n) is 6.11. The summed E-state index contributed by atoms with van der Waals surface area (Å²) < 4.78 is 11.3. The molecule has 3 aromatic heterocycles. The van der Waals surface area contributed by atoms with Gasteiger partial charge >= 0.3 is 17.9 Å². The van der Waals surface area contributed by atoms with E-state index in [1.54, 1.807) is 30.9 Å². The van der Waals surface area contributed by atoms with E-state index in [2.05, 4.69) is 26.8 Å². The van der Waals surface area contributed by atoms with Gasteiger partial charge in [0.05, 0.1) is 60.1 Å². The van der Waals surface area contributed by atoms with Crippen molar-refractivity contribution in [3.63, 3.8) is 0 Å². The number of nitriles is 1. The van der Waals surface area contributed by atoms with Gasteiger partial charge in [0.1, 0.15) is 11.6 Å². The van der Waals surface area contributed by atoms with Gasteiger partial charge in [-0.1, -0.05) is 31.0 Å². The molecule has 0 unspecified atom stereocenters. The van der Waals surface area contributed by atoms with Crippen molar-refractivity contribution >= 4 is 45.6 Å². The molecule has 4 heterocycles. The van der Waals surface area contributed by atoms with E-state index >= 15 is 0 Å². The Morgan fingerprint density at radius 2 is 1.77 bits per heavy atom. The number of amides is 2. The molecule has 1 aromatic carbocycles. The monoisotopic (exact) mass is 662 g/mol. The fraction of sp³-hybridized carbons (Fsp3) is 0.438. The van der Waals surface area contributed by atoms with E-state index < -0.39 is 23.3 Å². The number of ether oxygens (including phenoxy) is 2. The molecule has 0 atom stereocenters. The van der Waals surface area contributed by atoms with E-state index in [1.165, 1.54) is 17.9 Å². The highest BCUT2D eigenvalue weighted by atomic mass is 16.7. The lowest BCUT2D eigenvalue weighted by Gasteiger charge is -2.28. The molecule has 6 rings (SSSR count). The van der Waals surface area contributed by atoms with E-state index in [9.17, 15) is 35.0 Å². The highest BCUT2D eigenvalue weighted by Crippen LogP contribution is 2.35. The first kappa shape index (κ1) is 34.3. The third-order valence-corrected chi connectivity index (χ3v) is 8.53. The number of rotatable bonds is 6. The molecule has 1 saturated carbocycles. The molecule has 1 aliphatic carbocycles. The summed E-state index contributed by atoms with van der Waals surface area (Å²) in [6.07, 6.45) is 0.425. The minimum absolute atomic E-state index is 0.0441. The summed E-state index contributed by atoms with van der Waals surface area (Å²) in [5.41, 5.74) is 4.73. The summed E-state index contributed by atoms with van der Waals surface area (Å²) in [7, 11) is 1.22. The maximum absolute atomic E-state index is 13.8. The summed E-state index contributed by atoms with van der Waals surface area (Å²) in [6, 6.07) is 10.8. The lowest BCUT2D eigenvalue weighted by Crippen LogP contribution is -2.41. The third-order valence-electron chi connectivity index (χ3n) is 8.53. The topological polar surface area (TPSA) is 231 Å². The van der Waals surface area contributed by atoms with Crippen LogP contribution in [0, 0.1) is 11.3 Å². The smallest absolute Gasteiger partial charge is 0.404 e. The predicted molar refractivity (Wildman–Crippen MR) is 173 cm³/mol. The Balaban J connectivity index is 0.000000840. The van der Waals surface area contributed by atoms with Gasteiger partial charge in [-0.3, -0.25) is 9.36 Å². The van der Waals surface area contributed by atoms with Gasteiger partial charge in [0.25, 0.3) is 5.91 Å². The van der Waals surface area contributed by atoms with Gasteiger partial charge < -0.3 is 40.7 Å². The van der Waals surface area contributed by atoms with Crippen molar-refractivity contribution in [2.75, 3.05) is 38.7 Å². The van der Waals surface area contributed by atoms with Crippen molar-refractivity contribution in [3.8, 4) is 6.07 Å². The zero-order valence-electron chi connectivity index (χ0n) is 26.8. The molecular formula is C32H38N8O8. The standard InChI is InChI=1S/C30H33N7O6.C2H5NO2/c1-29(2,17-31)21-9-5-8-19-20(27(38)35-10-12-43-13-11-35)14-25(34-26(19)21)33-24-15-22-23(16-32-24)37(30(40,41)42)28(39)36(22)18-6-3-4-7-18;1-5-2(3)4/h5,8-9,14-16,18,40-42H,3-4,6-7,10-13H2,1-2H3,(H,32,33,34);1H3,(H2,3,4). The second kappa shape index (κ2) is 13.6. The number of imidazole rings is 1. The zero-order chi connectivity index (χ0) is 34.8. The molecule has 2 aliphatic rings. The number of hydrogen-bond donors (Lipinski definition) is 5. The van der Waals surface area contributed by atoms with Gasteiger partial charge in [0.2, 0.25) is 0 Å². The number of nitrogens with two attached hydrogens (primary N) is 1. The van der Waals surface area contributed by atoms with Gasteiger partial charge in [-0.2, -0.15) is 5.26 Å². The zero-order valence-corrected chi connectivity index (χ0v) is 26.8. The minimum atomic E-state index is -3.41. The van der Waals surface area contributed by atoms with Crippen molar-refractivity contribution in [2.45, 2.75) is 57.1 Å². The number of carbonyl (C=O) groups is 2. The first-order valence-electron chi connectivity index (χ1n) is 15.4. The van der Waals surface area contributed by atoms with Crippen LogP contribution in [0.2, 0.25) is 0 Å². The van der Waals surface area contributed by atoms with Crippen LogP contribution < -0.4 is 16.7 Å². The first-order valence-corrected chi connectivity index (χ1v) is 15.4. The first-order chi connectivity index (χ1) is 22.8. The van der Waals surface area contributed by atoms with E-state index in [4.69, 9.17) is 9.72 Å². The van der Waals surface area contributed by atoms with E-state index in [-0.39, 0.29) is 23.3 Å². The Bertz CT molecular complexity index is 1940. The second-order valence-electron chi connectivity index (χ2n) is 12.1. The Labute approximate surface area is 274 Å². The van der Waals surface area contributed by atoms with Crippen LogP contribution >= 0.6 is 0 Å². The number of primary amides is 1. The number of benzene rings is 1. The Kier molecular flexibility index (Phi) is 9.69. The number of nitrogens with zero attached hydrogens (tertiary/aromatic N) is 6. The quantitative estimate of drug-likeness (QED) is 0.187. The van der Waals surface area contributed by atoms with E-state index in [0.717, 1.165) is 25.7 Å². The summed E-state index contributed by atoms with van der Waals surface area (Å²) in [5.74, 6) is 0.392. The maximum atomic E-state index is 13.8. The van der Waals surface area contributed by atoms with Crippen molar-refractivity contribution < 1.29 is 34.4 Å². The minimum Gasteiger partial charge on any atom is -0.453 e. The van der Waals surface area contributed by atoms with Crippen LogP contribution in [0.15, 0.2) is 41.3 Å². The summed E-state index contributed by atoms with van der Waals surface area (Å²) in [6.45, 7) is 5.36. The number of aliphatic hydroxyl groups is 3. The van der Waals surface area contributed by atoms with Crippen LogP contribution in [0.5, 0.6) is 0 Å². The number of morpholine rings is 1. The average Bonchev–Trinajstić information content (AvgIpc) is 3.69. The Morgan fingerprint density at radius 3 is 2.38 bits per heavy atom. The van der Waals surface area contributed by atoms with Crippen LogP contribution in [0.1, 0.15) is 61.5 Å². The molecule has 2 amide bonds. The number of aromatic nitrogens is 4. The largest absolute Gasteiger partial charge is 0.453 e. The number of pyridine rings is 2. The molecule has 1 saturated heterocycles. The molecule has 1 aliphatic heterocycles. The molecular weight excluding hydrogens is 624 g/mol. The van der Waals surface area contributed by atoms with Crippen LogP contribution in [0.25, 0.3) is 21.9 Å². The average molecular weight is 663 g/mol. The van der Waals surface area contributed by atoms with Crippen LogP contribution in [-0.2, 0) is 21.0 Å². The highest BCUT2D eigenvalue weighted by Gasteiger charge is 2.33. The highest BCUT2D eigenvalue weighted by molar-refractivity contribution is 6.08. The molecule has 0 bridgehead atoms. The SMILES string of the molecule is CC(C)(C#N)c1cccc2c(C(=O)N3CCOCC3)cc(Nc3cc4c(cn3)n(C(O)(O)O)c(=O)n4C3CCCC3)nc12.COC(N)=O. The van der Waals surface area contributed by atoms with Crippen LogP contribution in [-0.4, -0.2) is 84.7 Å². The Hall–Kier alpha value is -5.08. The van der Waals surface area contributed by atoms with Gasteiger partial charge in [-0.25, -0.2) is 24.1 Å². The fourth-order valence-corrected chi connectivity index (χ4v) is 6.11. The van der Waals surface area contributed by atoms with Crippen LogP contribution in [0.4, 0.5) is 16.4 Å². The lowest BCUT2D eigenvalue weighted by molar-refractivity contribution is -0.374. The van der Waals surface area contributed by atoms with Gasteiger partial charge in [0.15, 0.2) is 0 Å². The summed E-state index contributed by atoms with van der Waals surface area (Å²) >= 11 is 0. The summed E-state index contributed by atoms with van der Waals surface area (Å²) in [5, 5.41) is 43.6. The van der Waals surface area contributed by atoms with Gasteiger partial charge in [-0.05, 0) is 38.3 Å². The van der Waals surface area contributed by atoms with E-state index in [0.29, 0.717) is 64.2 Å². The molecule has 0 spiro atoms. The van der Waals surface area contributed by atoms with Gasteiger partial charge in [0, 0.05) is 30.6 Å². The van der Waals surface area contributed by atoms with Crippen molar-refractivity contribution in [1.82, 2.24) is 24.0 Å². The second-order valence-corrected chi connectivity index (χ2v) is 12.1. The number of carbonyl (C=O) groups excluding carboxylic acids is 2. The van der Waals surface area contributed by atoms with Gasteiger partial charge in [-0.15, -0.1) is 0 Å². The molecule has 16 heteroatoms. The summed E-state index contributed by atoms with van der Waals surface area (Å²) in [4.78, 5) is 47.3. The normalized spacial score (nSPS) is 15.6. The van der Waals surface area contributed by atoms with Crippen molar-refractivity contribution in [2.24, 2.45) is 5.73 Å². The molecule has 6 N–H and O–H groups in total. The molecule has 48 heavy (non-hydrogen) atoms. The maximum Gasteiger partial charge on any atom is 0.404 e. The number of anilines is 2. The number of hydrogen-bond acceptors (Lipinski definition) is 12. The number of methoxy groups -OCH3 is 1. The predicted octanol–water partition coefficient (Wildman–Crippen LogP) is 2.13. The Morgan fingerprint density at radius 1 is 1.10 bits per heavy atom. The van der Waals surface area contributed by atoms with Crippen molar-refractivity contribution in [3.05, 3.63) is 58.1 Å². The van der Waals surface area contributed by atoms with Crippen LogP contribution in [0.3, 0.4) is 0 Å². The third kappa shape index (κ3) is 6.80. The van der Waals surface area contributed by atoms with Crippen molar-refractivity contribution in [1.29, 1.82) is 5.26 Å². The number of fused-ring (bicyclic) bond motifs is 2. The van der Waals surface area contributed by atoms with E-state index in [1.807, 2.05) is 18.2 Å².